The second-order valence-corrected chi connectivity index (χ2v) is 7.69. The molecule has 2 aromatic rings. The number of nitrogens with one attached hydrogen (secondary N) is 2. The third kappa shape index (κ3) is 6.99. The van der Waals surface area contributed by atoms with Crippen molar-refractivity contribution in [2.24, 2.45) is 5.14 Å². The van der Waals surface area contributed by atoms with Crippen LogP contribution < -0.4 is 15.8 Å². The van der Waals surface area contributed by atoms with E-state index in [0.29, 0.717) is 13.0 Å². The number of nitrogens with two attached hydrogens (primary N) is 1. The Morgan fingerprint density at radius 3 is 2.22 bits per heavy atom. The minimum Gasteiger partial charge on any atom is -0.465 e. The summed E-state index contributed by atoms with van der Waals surface area (Å²) in [7, 11) is -3.73. The molecule has 0 aliphatic rings. The van der Waals surface area contributed by atoms with E-state index < -0.39 is 28.3 Å². The molecule has 0 aliphatic heterocycles. The van der Waals surface area contributed by atoms with Crippen molar-refractivity contribution in [3.8, 4) is 0 Å². The third-order valence-corrected chi connectivity index (χ3v) is 4.94. The molecule has 0 radical (unpaired) electrons. The highest BCUT2D eigenvalue weighted by Crippen LogP contribution is 2.09. The number of carbonyl (C=O) groups is 1. The lowest BCUT2D eigenvalue weighted by Crippen LogP contribution is -2.48. The minimum absolute atomic E-state index is 0.0277. The van der Waals surface area contributed by atoms with E-state index in [1.807, 2.05) is 30.3 Å². The average Bonchev–Trinajstić information content (AvgIpc) is 2.61. The Morgan fingerprint density at radius 2 is 1.67 bits per heavy atom. The smallest absolute Gasteiger partial charge is 0.404 e. The maximum atomic E-state index is 11.2. The molecule has 9 heteroatoms. The van der Waals surface area contributed by atoms with E-state index >= 15 is 0 Å². The predicted molar refractivity (Wildman–Crippen MR) is 101 cm³/mol. The number of rotatable bonds is 9. The number of carboxylic acid groups (broad SMARTS) is 1. The van der Waals surface area contributed by atoms with Crippen molar-refractivity contribution in [1.82, 2.24) is 10.6 Å². The highest BCUT2D eigenvalue weighted by molar-refractivity contribution is 7.89. The summed E-state index contributed by atoms with van der Waals surface area (Å²) in [6, 6.07) is 14.7. The topological polar surface area (TPSA) is 142 Å². The van der Waals surface area contributed by atoms with Gasteiger partial charge in [0, 0.05) is 13.1 Å². The summed E-state index contributed by atoms with van der Waals surface area (Å²) in [4.78, 5) is 11.0. The first-order valence-corrected chi connectivity index (χ1v) is 9.84. The maximum absolute atomic E-state index is 11.2. The SMILES string of the molecule is NS(=O)(=O)c1ccc(CNC[C@H](O)[C@H](Cc2ccccc2)NC(=O)O)cc1. The van der Waals surface area contributed by atoms with Crippen LogP contribution in [-0.4, -0.2) is 43.4 Å². The van der Waals surface area contributed by atoms with Crippen LogP contribution >= 0.6 is 0 Å². The van der Waals surface area contributed by atoms with Crippen LogP contribution in [-0.2, 0) is 23.0 Å². The number of aliphatic hydroxyl groups excluding tert-OH is 1. The lowest BCUT2D eigenvalue weighted by molar-refractivity contribution is 0.117. The van der Waals surface area contributed by atoms with Gasteiger partial charge in [0.1, 0.15) is 0 Å². The molecule has 0 fully saturated rings. The molecule has 0 aromatic heterocycles. The Kier molecular flexibility index (Phi) is 7.31. The average molecular weight is 393 g/mol. The van der Waals surface area contributed by atoms with Gasteiger partial charge in [0.15, 0.2) is 0 Å². The molecular weight excluding hydrogens is 370 g/mol. The standard InChI is InChI=1S/C18H23N3O5S/c19-27(25,26)15-8-6-14(7-9-15)11-20-12-17(22)16(21-18(23)24)10-13-4-2-1-3-5-13/h1-9,16-17,20-22H,10-12H2,(H,23,24)(H2,19,25,26)/t16-,17-/m0/s1. The van der Waals surface area contributed by atoms with Gasteiger partial charge in [0.25, 0.3) is 0 Å². The normalized spacial score (nSPS) is 13.7. The Hall–Kier alpha value is -2.46. The fraction of sp³-hybridized carbons (Fsp3) is 0.278. The number of amides is 1. The van der Waals surface area contributed by atoms with Crippen LogP contribution in [0.25, 0.3) is 0 Å². The van der Waals surface area contributed by atoms with Crippen LogP contribution in [0.2, 0.25) is 0 Å². The summed E-state index contributed by atoms with van der Waals surface area (Å²) >= 11 is 0. The number of sulfonamides is 1. The fourth-order valence-electron chi connectivity index (χ4n) is 2.61. The van der Waals surface area contributed by atoms with Crippen LogP contribution in [0.4, 0.5) is 4.79 Å². The molecule has 2 rings (SSSR count). The molecule has 2 aromatic carbocycles. The molecule has 0 heterocycles. The lowest BCUT2D eigenvalue weighted by Gasteiger charge is -2.23. The van der Waals surface area contributed by atoms with Gasteiger partial charge >= 0.3 is 6.09 Å². The highest BCUT2D eigenvalue weighted by Gasteiger charge is 2.21. The van der Waals surface area contributed by atoms with Gasteiger partial charge in [-0.25, -0.2) is 18.4 Å². The van der Waals surface area contributed by atoms with Crippen molar-refractivity contribution >= 4 is 16.1 Å². The Labute approximate surface area is 158 Å². The van der Waals surface area contributed by atoms with E-state index in [0.717, 1.165) is 11.1 Å². The number of benzene rings is 2. The molecule has 0 unspecified atom stereocenters. The molecule has 0 saturated heterocycles. The number of hydrogen-bond donors (Lipinski definition) is 5. The molecule has 0 saturated carbocycles. The van der Waals surface area contributed by atoms with Crippen molar-refractivity contribution in [1.29, 1.82) is 0 Å². The second-order valence-electron chi connectivity index (χ2n) is 6.13. The monoisotopic (exact) mass is 393 g/mol. The molecule has 2 atom stereocenters. The summed E-state index contributed by atoms with van der Waals surface area (Å²) < 4.78 is 22.5. The second kappa shape index (κ2) is 9.47. The van der Waals surface area contributed by atoms with E-state index in [-0.39, 0.29) is 11.4 Å². The first-order chi connectivity index (χ1) is 12.8. The zero-order valence-electron chi connectivity index (χ0n) is 14.6. The van der Waals surface area contributed by atoms with E-state index in [4.69, 9.17) is 10.2 Å². The van der Waals surface area contributed by atoms with Gasteiger partial charge in [0.2, 0.25) is 10.0 Å². The molecule has 8 nitrogen and oxygen atoms in total. The molecule has 146 valence electrons. The van der Waals surface area contributed by atoms with Gasteiger partial charge in [-0.15, -0.1) is 0 Å². The van der Waals surface area contributed by atoms with Crippen LogP contribution in [0.15, 0.2) is 59.5 Å². The van der Waals surface area contributed by atoms with E-state index in [2.05, 4.69) is 10.6 Å². The van der Waals surface area contributed by atoms with E-state index in [1.54, 1.807) is 12.1 Å². The summed E-state index contributed by atoms with van der Waals surface area (Å²) in [6.07, 6.45) is -1.78. The van der Waals surface area contributed by atoms with E-state index in [9.17, 15) is 18.3 Å². The fourth-order valence-corrected chi connectivity index (χ4v) is 3.13. The largest absolute Gasteiger partial charge is 0.465 e. The van der Waals surface area contributed by atoms with Gasteiger partial charge in [-0.2, -0.15) is 0 Å². The van der Waals surface area contributed by atoms with Crippen molar-refractivity contribution in [2.75, 3.05) is 6.54 Å². The maximum Gasteiger partial charge on any atom is 0.404 e. The van der Waals surface area contributed by atoms with Crippen LogP contribution in [0, 0.1) is 0 Å². The number of hydrogen-bond acceptors (Lipinski definition) is 5. The highest BCUT2D eigenvalue weighted by atomic mass is 32.2. The number of aliphatic hydroxyl groups is 1. The molecule has 0 spiro atoms. The minimum atomic E-state index is -3.73. The van der Waals surface area contributed by atoms with Crippen molar-refractivity contribution in [2.45, 2.75) is 30.0 Å². The predicted octanol–water partition coefficient (Wildman–Crippen LogP) is 0.663. The van der Waals surface area contributed by atoms with Crippen molar-refractivity contribution in [3.05, 3.63) is 65.7 Å². The van der Waals surface area contributed by atoms with Gasteiger partial charge in [0.05, 0.1) is 17.0 Å². The Balaban J connectivity index is 1.90. The number of primary sulfonamides is 1. The van der Waals surface area contributed by atoms with Gasteiger partial charge < -0.3 is 20.8 Å². The summed E-state index contributed by atoms with van der Waals surface area (Å²) in [5.74, 6) is 0. The first-order valence-electron chi connectivity index (χ1n) is 8.29. The molecule has 6 N–H and O–H groups in total. The van der Waals surface area contributed by atoms with Gasteiger partial charge in [-0.3, -0.25) is 0 Å². The van der Waals surface area contributed by atoms with Gasteiger partial charge in [-0.1, -0.05) is 42.5 Å². The van der Waals surface area contributed by atoms with Gasteiger partial charge in [-0.05, 0) is 29.7 Å². The summed E-state index contributed by atoms with van der Waals surface area (Å²) in [6.45, 7) is 0.543. The molecular formula is C18H23N3O5S. The van der Waals surface area contributed by atoms with E-state index in [1.165, 1.54) is 12.1 Å². The van der Waals surface area contributed by atoms with Crippen LogP contribution in [0.5, 0.6) is 0 Å². The third-order valence-electron chi connectivity index (χ3n) is 4.01. The van der Waals surface area contributed by atoms with Crippen molar-refractivity contribution in [3.63, 3.8) is 0 Å². The van der Waals surface area contributed by atoms with Crippen LogP contribution in [0.1, 0.15) is 11.1 Å². The summed E-state index contributed by atoms with van der Waals surface area (Å²) in [5, 5.41) is 29.8. The lowest BCUT2D eigenvalue weighted by atomic mass is 10.0. The first kappa shape index (κ1) is 20.8. The Bertz CT molecular complexity index is 841. The molecule has 1 amide bonds. The quantitative estimate of drug-likeness (QED) is 0.424. The molecule has 0 bridgehead atoms. The van der Waals surface area contributed by atoms with Crippen molar-refractivity contribution < 1.29 is 23.4 Å². The summed E-state index contributed by atoms with van der Waals surface area (Å²) in [5.41, 5.74) is 1.72. The molecule has 27 heavy (non-hydrogen) atoms. The Morgan fingerprint density at radius 1 is 1.04 bits per heavy atom. The zero-order valence-corrected chi connectivity index (χ0v) is 15.4. The molecule has 0 aliphatic carbocycles. The van der Waals surface area contributed by atoms with Crippen LogP contribution in [0.3, 0.4) is 0 Å². The zero-order chi connectivity index (χ0) is 19.9.